The summed E-state index contributed by atoms with van der Waals surface area (Å²) in [5.41, 5.74) is 6.04. The molecule has 0 fully saturated rings. The van der Waals surface area contributed by atoms with Gasteiger partial charge in [0.2, 0.25) is 5.91 Å². The van der Waals surface area contributed by atoms with Crippen molar-refractivity contribution in [1.82, 2.24) is 5.32 Å². The van der Waals surface area contributed by atoms with E-state index < -0.39 is 12.0 Å². The van der Waals surface area contributed by atoms with Gasteiger partial charge in [-0.2, -0.15) is 0 Å². The zero-order valence-electron chi connectivity index (χ0n) is 8.82. The van der Waals surface area contributed by atoms with Gasteiger partial charge in [0.1, 0.15) is 11.9 Å². The molecule has 0 aliphatic heterocycles. The summed E-state index contributed by atoms with van der Waals surface area (Å²) in [5, 5.41) is 11.6. The summed E-state index contributed by atoms with van der Waals surface area (Å²) in [7, 11) is 0. The first-order valence-corrected chi connectivity index (χ1v) is 5.03. The molecule has 16 heavy (non-hydrogen) atoms. The second kappa shape index (κ2) is 6.19. The van der Waals surface area contributed by atoms with Crippen LogP contribution in [0, 0.1) is 5.82 Å². The van der Waals surface area contributed by atoms with Crippen molar-refractivity contribution in [2.45, 2.75) is 12.5 Å². The van der Waals surface area contributed by atoms with E-state index in [9.17, 15) is 9.18 Å². The SMILES string of the molecule is NCC(O)C(=O)NCCc1ccc(F)cc1. The molecule has 4 nitrogen and oxygen atoms in total. The van der Waals surface area contributed by atoms with Gasteiger partial charge in [-0.3, -0.25) is 4.79 Å². The van der Waals surface area contributed by atoms with Crippen molar-refractivity contribution in [3.63, 3.8) is 0 Å². The van der Waals surface area contributed by atoms with Crippen LogP contribution in [0.4, 0.5) is 4.39 Å². The lowest BCUT2D eigenvalue weighted by Crippen LogP contribution is -2.39. The van der Waals surface area contributed by atoms with Crippen molar-refractivity contribution in [1.29, 1.82) is 0 Å². The third-order valence-electron chi connectivity index (χ3n) is 2.15. The van der Waals surface area contributed by atoms with E-state index in [0.29, 0.717) is 13.0 Å². The highest BCUT2D eigenvalue weighted by Gasteiger charge is 2.11. The molecule has 1 atom stereocenters. The molecule has 0 radical (unpaired) electrons. The Morgan fingerprint density at radius 2 is 2.06 bits per heavy atom. The molecular weight excluding hydrogens is 211 g/mol. The number of carbonyl (C=O) groups is 1. The maximum atomic E-state index is 12.6. The van der Waals surface area contributed by atoms with E-state index in [4.69, 9.17) is 10.8 Å². The van der Waals surface area contributed by atoms with Crippen molar-refractivity contribution in [2.75, 3.05) is 13.1 Å². The fraction of sp³-hybridized carbons (Fsp3) is 0.364. The van der Waals surface area contributed by atoms with Gasteiger partial charge in [0.05, 0.1) is 0 Å². The van der Waals surface area contributed by atoms with Crippen molar-refractivity contribution < 1.29 is 14.3 Å². The number of amides is 1. The molecule has 0 aliphatic carbocycles. The number of hydrogen-bond donors (Lipinski definition) is 3. The molecule has 88 valence electrons. The molecule has 0 spiro atoms. The van der Waals surface area contributed by atoms with E-state index in [-0.39, 0.29) is 12.4 Å². The Bertz CT molecular complexity index is 340. The maximum absolute atomic E-state index is 12.6. The lowest BCUT2D eigenvalue weighted by atomic mass is 10.1. The van der Waals surface area contributed by atoms with E-state index in [2.05, 4.69) is 5.32 Å². The number of carbonyl (C=O) groups excluding carboxylic acids is 1. The van der Waals surface area contributed by atoms with Crippen LogP contribution >= 0.6 is 0 Å². The summed E-state index contributed by atoms with van der Waals surface area (Å²) < 4.78 is 12.6. The molecule has 0 bridgehead atoms. The van der Waals surface area contributed by atoms with E-state index in [1.807, 2.05) is 0 Å². The minimum absolute atomic E-state index is 0.0949. The minimum atomic E-state index is -1.16. The quantitative estimate of drug-likeness (QED) is 0.651. The summed E-state index contributed by atoms with van der Waals surface area (Å²) >= 11 is 0. The summed E-state index contributed by atoms with van der Waals surface area (Å²) in [4.78, 5) is 11.1. The van der Waals surface area contributed by atoms with Crippen LogP contribution in [0.15, 0.2) is 24.3 Å². The predicted octanol–water partition coefficient (Wildman–Crippen LogP) is -0.196. The molecule has 1 aromatic rings. The Kier molecular flexibility index (Phi) is 4.88. The number of nitrogens with one attached hydrogen (secondary N) is 1. The number of aliphatic hydroxyl groups excluding tert-OH is 1. The molecule has 0 heterocycles. The van der Waals surface area contributed by atoms with Gasteiger partial charge in [0, 0.05) is 13.1 Å². The van der Waals surface area contributed by atoms with Crippen molar-refractivity contribution in [2.24, 2.45) is 5.73 Å². The zero-order valence-corrected chi connectivity index (χ0v) is 8.82. The smallest absolute Gasteiger partial charge is 0.250 e. The molecular formula is C11H15FN2O2. The summed E-state index contributed by atoms with van der Waals surface area (Å²) in [6.45, 7) is 0.296. The second-order valence-corrected chi connectivity index (χ2v) is 3.42. The number of benzene rings is 1. The van der Waals surface area contributed by atoms with Crippen LogP contribution in [0.1, 0.15) is 5.56 Å². The molecule has 0 aliphatic rings. The lowest BCUT2D eigenvalue weighted by Gasteiger charge is -2.08. The topological polar surface area (TPSA) is 75.3 Å². The highest BCUT2D eigenvalue weighted by Crippen LogP contribution is 2.02. The number of nitrogens with two attached hydrogens (primary N) is 1. The molecule has 0 aromatic heterocycles. The maximum Gasteiger partial charge on any atom is 0.250 e. The number of halogens is 1. The van der Waals surface area contributed by atoms with Gasteiger partial charge in [-0.1, -0.05) is 12.1 Å². The molecule has 1 rings (SSSR count). The summed E-state index contributed by atoms with van der Waals surface area (Å²) in [6.07, 6.45) is -0.572. The second-order valence-electron chi connectivity index (χ2n) is 3.42. The molecule has 1 aromatic carbocycles. The van der Waals surface area contributed by atoms with Gasteiger partial charge in [-0.15, -0.1) is 0 Å². The summed E-state index contributed by atoms with van der Waals surface area (Å²) in [6, 6.07) is 6.04. The third kappa shape index (κ3) is 3.96. The average Bonchev–Trinajstić information content (AvgIpc) is 2.30. The van der Waals surface area contributed by atoms with Crippen LogP contribution in [0.2, 0.25) is 0 Å². The molecule has 4 N–H and O–H groups in total. The van der Waals surface area contributed by atoms with Crippen LogP contribution < -0.4 is 11.1 Å². The van der Waals surface area contributed by atoms with Gasteiger partial charge in [0.15, 0.2) is 0 Å². The van der Waals surface area contributed by atoms with Gasteiger partial charge < -0.3 is 16.2 Å². The van der Waals surface area contributed by atoms with Crippen LogP contribution in [-0.2, 0) is 11.2 Å². The normalized spacial score (nSPS) is 12.2. The number of hydrogen-bond acceptors (Lipinski definition) is 3. The van der Waals surface area contributed by atoms with Crippen LogP contribution in [0.3, 0.4) is 0 Å². The first-order valence-electron chi connectivity index (χ1n) is 5.03. The summed E-state index contributed by atoms with van der Waals surface area (Å²) in [5.74, 6) is -0.768. The Morgan fingerprint density at radius 3 is 2.62 bits per heavy atom. The van der Waals surface area contributed by atoms with Crippen molar-refractivity contribution in [3.8, 4) is 0 Å². The number of aliphatic hydroxyl groups is 1. The van der Waals surface area contributed by atoms with Crippen LogP contribution in [0.5, 0.6) is 0 Å². The van der Waals surface area contributed by atoms with E-state index in [1.165, 1.54) is 12.1 Å². The van der Waals surface area contributed by atoms with Gasteiger partial charge in [0.25, 0.3) is 0 Å². The Labute approximate surface area is 93.3 Å². The third-order valence-corrected chi connectivity index (χ3v) is 2.15. The van der Waals surface area contributed by atoms with E-state index >= 15 is 0 Å². The van der Waals surface area contributed by atoms with Gasteiger partial charge in [-0.25, -0.2) is 4.39 Å². The van der Waals surface area contributed by atoms with Crippen LogP contribution in [0.25, 0.3) is 0 Å². The Balaban J connectivity index is 2.30. The van der Waals surface area contributed by atoms with Gasteiger partial charge >= 0.3 is 0 Å². The van der Waals surface area contributed by atoms with E-state index in [1.54, 1.807) is 12.1 Å². The standard InChI is InChI=1S/C11H15FN2O2/c12-9-3-1-8(2-4-9)5-6-14-11(16)10(15)7-13/h1-4,10,15H,5-7,13H2,(H,14,16). The molecule has 1 amide bonds. The van der Waals surface area contributed by atoms with Crippen molar-refractivity contribution >= 4 is 5.91 Å². The number of rotatable bonds is 5. The zero-order chi connectivity index (χ0) is 12.0. The highest BCUT2D eigenvalue weighted by molar-refractivity contribution is 5.80. The van der Waals surface area contributed by atoms with Crippen molar-refractivity contribution in [3.05, 3.63) is 35.6 Å². The molecule has 0 saturated heterocycles. The molecule has 1 unspecified atom stereocenters. The first-order chi connectivity index (χ1) is 7.63. The fourth-order valence-electron chi connectivity index (χ4n) is 1.21. The first kappa shape index (κ1) is 12.6. The lowest BCUT2D eigenvalue weighted by molar-refractivity contribution is -0.128. The molecule has 5 heteroatoms. The fourth-order valence-corrected chi connectivity index (χ4v) is 1.21. The van der Waals surface area contributed by atoms with Crippen LogP contribution in [-0.4, -0.2) is 30.2 Å². The largest absolute Gasteiger partial charge is 0.382 e. The monoisotopic (exact) mass is 226 g/mol. The average molecular weight is 226 g/mol. The van der Waals surface area contributed by atoms with Gasteiger partial charge in [-0.05, 0) is 24.1 Å². The molecule has 0 saturated carbocycles. The predicted molar refractivity (Wildman–Crippen MR) is 58.2 cm³/mol. The Morgan fingerprint density at radius 1 is 1.44 bits per heavy atom. The Hall–Kier alpha value is -1.46. The van der Waals surface area contributed by atoms with E-state index in [0.717, 1.165) is 5.56 Å². The highest BCUT2D eigenvalue weighted by atomic mass is 19.1. The minimum Gasteiger partial charge on any atom is -0.382 e.